The fourth-order valence-electron chi connectivity index (χ4n) is 1.85. The molecule has 0 heterocycles. The van der Waals surface area contributed by atoms with Gasteiger partial charge in [0.05, 0.1) is 11.3 Å². The first-order valence-electron chi connectivity index (χ1n) is 6.91. The summed E-state index contributed by atoms with van der Waals surface area (Å²) < 4.78 is 23.8. The fourth-order valence-corrected chi connectivity index (χ4v) is 1.85. The van der Waals surface area contributed by atoms with E-state index in [2.05, 4.69) is 11.2 Å². The van der Waals surface area contributed by atoms with Crippen LogP contribution in [0.1, 0.15) is 5.56 Å². The predicted octanol–water partition coefficient (Wildman–Crippen LogP) is 2.73. The molecule has 120 valence electrons. The number of anilines is 1. The molecule has 6 heteroatoms. The van der Waals surface area contributed by atoms with E-state index in [0.717, 1.165) is 6.07 Å². The molecule has 5 nitrogen and oxygen atoms in total. The van der Waals surface area contributed by atoms with Crippen LogP contribution >= 0.6 is 0 Å². The topological polar surface area (TPSA) is 71.3 Å². The zero-order chi connectivity index (χ0) is 17.4. The summed E-state index contributed by atoms with van der Waals surface area (Å²) in [7, 11) is 0. The van der Waals surface area contributed by atoms with Crippen molar-refractivity contribution in [3.05, 3.63) is 53.8 Å². The maximum absolute atomic E-state index is 13.3. The van der Waals surface area contributed by atoms with Crippen molar-refractivity contribution in [3.8, 4) is 29.9 Å². The zero-order valence-corrected chi connectivity index (χ0v) is 12.6. The molecular formula is C18H13FN2O3. The van der Waals surface area contributed by atoms with Gasteiger partial charge in [-0.3, -0.25) is 4.79 Å². The van der Waals surface area contributed by atoms with Gasteiger partial charge in [0.1, 0.15) is 30.0 Å². The average molecular weight is 324 g/mol. The summed E-state index contributed by atoms with van der Waals surface area (Å²) >= 11 is 0. The molecule has 2 aromatic carbocycles. The first-order chi connectivity index (χ1) is 11.6. The van der Waals surface area contributed by atoms with Gasteiger partial charge in [-0.05, 0) is 24.3 Å². The Bertz CT molecular complexity index is 822. The molecule has 0 aliphatic heterocycles. The van der Waals surface area contributed by atoms with E-state index in [0.29, 0.717) is 11.3 Å². The van der Waals surface area contributed by atoms with Crippen LogP contribution in [-0.2, 0) is 4.79 Å². The Balaban J connectivity index is 2.02. The third-order valence-electron chi connectivity index (χ3n) is 2.90. The van der Waals surface area contributed by atoms with E-state index in [1.54, 1.807) is 24.3 Å². The summed E-state index contributed by atoms with van der Waals surface area (Å²) in [5, 5.41) is 11.5. The number of nitrogens with zero attached hydrogens (tertiary/aromatic N) is 1. The van der Waals surface area contributed by atoms with Crippen molar-refractivity contribution in [2.24, 2.45) is 0 Å². The highest BCUT2D eigenvalue weighted by Gasteiger charge is 2.11. The van der Waals surface area contributed by atoms with Gasteiger partial charge < -0.3 is 14.8 Å². The quantitative estimate of drug-likeness (QED) is 0.829. The van der Waals surface area contributed by atoms with Crippen molar-refractivity contribution >= 4 is 11.6 Å². The number of rotatable bonds is 6. The van der Waals surface area contributed by atoms with Crippen molar-refractivity contribution in [1.82, 2.24) is 0 Å². The summed E-state index contributed by atoms with van der Waals surface area (Å²) in [6.45, 7) is -0.372. The van der Waals surface area contributed by atoms with Crippen LogP contribution in [0.25, 0.3) is 0 Å². The molecule has 1 N–H and O–H groups in total. The summed E-state index contributed by atoms with van der Waals surface area (Å²) in [4.78, 5) is 12.0. The molecule has 0 aromatic heterocycles. The molecule has 0 aliphatic carbocycles. The van der Waals surface area contributed by atoms with E-state index >= 15 is 0 Å². The molecule has 0 atom stereocenters. The molecule has 0 fully saturated rings. The van der Waals surface area contributed by atoms with Gasteiger partial charge in [0.25, 0.3) is 5.91 Å². The van der Waals surface area contributed by atoms with E-state index in [1.807, 2.05) is 6.07 Å². The SMILES string of the molecule is C#CCOc1cc(F)ccc1NC(=O)COc1ccccc1C#N. The number of nitriles is 1. The van der Waals surface area contributed by atoms with E-state index in [-0.39, 0.29) is 24.7 Å². The number of terminal acetylenes is 1. The number of amides is 1. The lowest BCUT2D eigenvalue weighted by molar-refractivity contribution is -0.118. The van der Waals surface area contributed by atoms with Gasteiger partial charge in [0, 0.05) is 6.07 Å². The van der Waals surface area contributed by atoms with Crippen LogP contribution in [0.3, 0.4) is 0 Å². The number of hydrogen-bond acceptors (Lipinski definition) is 4. The summed E-state index contributed by atoms with van der Waals surface area (Å²) in [6.07, 6.45) is 5.10. The number of para-hydroxylation sites is 1. The number of nitrogens with one attached hydrogen (secondary N) is 1. The smallest absolute Gasteiger partial charge is 0.262 e. The highest BCUT2D eigenvalue weighted by molar-refractivity contribution is 5.93. The Morgan fingerprint density at radius 2 is 2.00 bits per heavy atom. The third-order valence-corrected chi connectivity index (χ3v) is 2.90. The van der Waals surface area contributed by atoms with Crippen LogP contribution in [0.4, 0.5) is 10.1 Å². The van der Waals surface area contributed by atoms with Gasteiger partial charge in [0.15, 0.2) is 6.61 Å². The van der Waals surface area contributed by atoms with Crippen LogP contribution in [0.5, 0.6) is 11.5 Å². The van der Waals surface area contributed by atoms with Gasteiger partial charge in [-0.15, -0.1) is 6.42 Å². The van der Waals surface area contributed by atoms with Gasteiger partial charge in [0.2, 0.25) is 0 Å². The normalized spacial score (nSPS) is 9.46. The largest absolute Gasteiger partial charge is 0.482 e. The number of hydrogen-bond donors (Lipinski definition) is 1. The van der Waals surface area contributed by atoms with Crippen molar-refractivity contribution in [2.75, 3.05) is 18.5 Å². The van der Waals surface area contributed by atoms with E-state index < -0.39 is 11.7 Å². The summed E-state index contributed by atoms with van der Waals surface area (Å²) in [5.41, 5.74) is 0.596. The molecule has 24 heavy (non-hydrogen) atoms. The molecule has 0 saturated heterocycles. The lowest BCUT2D eigenvalue weighted by Crippen LogP contribution is -2.21. The van der Waals surface area contributed by atoms with Gasteiger partial charge in [-0.25, -0.2) is 4.39 Å². The maximum atomic E-state index is 13.3. The molecule has 2 rings (SSSR count). The minimum atomic E-state index is -0.515. The van der Waals surface area contributed by atoms with E-state index in [9.17, 15) is 9.18 Å². The number of carbonyl (C=O) groups excluding carboxylic acids is 1. The molecule has 2 aromatic rings. The molecule has 0 aliphatic rings. The molecule has 0 unspecified atom stereocenters. The standard InChI is InChI=1S/C18H13FN2O3/c1-2-9-23-17-10-14(19)7-8-15(17)21-18(22)12-24-16-6-4-3-5-13(16)11-20/h1,3-8,10H,9,12H2,(H,21,22). The minimum Gasteiger partial charge on any atom is -0.482 e. The highest BCUT2D eigenvalue weighted by Crippen LogP contribution is 2.25. The second-order valence-corrected chi connectivity index (χ2v) is 4.58. The molecule has 0 spiro atoms. The Morgan fingerprint density at radius 3 is 2.75 bits per heavy atom. The predicted molar refractivity (Wildman–Crippen MR) is 86.0 cm³/mol. The third kappa shape index (κ3) is 4.49. The van der Waals surface area contributed by atoms with Crippen LogP contribution in [0.2, 0.25) is 0 Å². The van der Waals surface area contributed by atoms with Gasteiger partial charge in [-0.1, -0.05) is 18.1 Å². The van der Waals surface area contributed by atoms with Crippen LogP contribution in [0.15, 0.2) is 42.5 Å². The Morgan fingerprint density at radius 1 is 1.21 bits per heavy atom. The molecule has 0 radical (unpaired) electrons. The Kier molecular flexibility index (Phi) is 5.76. The second kappa shape index (κ2) is 8.21. The van der Waals surface area contributed by atoms with Crippen molar-refractivity contribution in [3.63, 3.8) is 0 Å². The van der Waals surface area contributed by atoms with E-state index in [4.69, 9.17) is 21.2 Å². The summed E-state index contributed by atoms with van der Waals surface area (Å²) in [6, 6.07) is 12.2. The molecule has 1 amide bonds. The number of carbonyl (C=O) groups is 1. The molecular weight excluding hydrogens is 311 g/mol. The highest BCUT2D eigenvalue weighted by atomic mass is 19.1. The zero-order valence-electron chi connectivity index (χ0n) is 12.6. The van der Waals surface area contributed by atoms with Crippen LogP contribution in [-0.4, -0.2) is 19.1 Å². The number of halogens is 1. The number of benzene rings is 2. The first kappa shape index (κ1) is 16.9. The molecule has 0 saturated carbocycles. The van der Waals surface area contributed by atoms with Crippen molar-refractivity contribution in [1.29, 1.82) is 5.26 Å². The Labute approximate surface area is 138 Å². The van der Waals surface area contributed by atoms with Crippen molar-refractivity contribution < 1.29 is 18.7 Å². The van der Waals surface area contributed by atoms with Crippen LogP contribution < -0.4 is 14.8 Å². The minimum absolute atomic E-state index is 0.0572. The summed E-state index contributed by atoms with van der Waals surface area (Å²) in [5.74, 6) is 1.69. The van der Waals surface area contributed by atoms with Crippen molar-refractivity contribution in [2.45, 2.75) is 0 Å². The average Bonchev–Trinajstić information content (AvgIpc) is 2.60. The van der Waals surface area contributed by atoms with Crippen LogP contribution in [0, 0.1) is 29.5 Å². The van der Waals surface area contributed by atoms with Gasteiger partial charge in [-0.2, -0.15) is 5.26 Å². The lowest BCUT2D eigenvalue weighted by atomic mass is 10.2. The first-order valence-corrected chi connectivity index (χ1v) is 6.91. The second-order valence-electron chi connectivity index (χ2n) is 4.58. The fraction of sp³-hybridized carbons (Fsp3) is 0.111. The molecule has 0 bridgehead atoms. The lowest BCUT2D eigenvalue weighted by Gasteiger charge is -2.12. The van der Waals surface area contributed by atoms with Gasteiger partial charge >= 0.3 is 0 Å². The van der Waals surface area contributed by atoms with E-state index in [1.165, 1.54) is 12.1 Å². The number of ether oxygens (including phenoxy) is 2. The monoisotopic (exact) mass is 324 g/mol. The maximum Gasteiger partial charge on any atom is 0.262 e. The Hall–Kier alpha value is -3.51.